The number of nitrogens with zero attached hydrogens (tertiary/aromatic N) is 1. The molecule has 26 heavy (non-hydrogen) atoms. The third-order valence-electron chi connectivity index (χ3n) is 4.51. The predicted molar refractivity (Wildman–Crippen MR) is 104 cm³/mol. The topological polar surface area (TPSA) is 66.0 Å². The molecule has 0 fully saturated rings. The zero-order valence-electron chi connectivity index (χ0n) is 15.0. The summed E-state index contributed by atoms with van der Waals surface area (Å²) >= 11 is 0. The summed E-state index contributed by atoms with van der Waals surface area (Å²) in [5.41, 5.74) is 4.75. The number of hydrogen-bond donors (Lipinski definition) is 2. The normalized spacial score (nSPS) is 10.8. The van der Waals surface area contributed by atoms with Gasteiger partial charge in [0.05, 0.1) is 5.69 Å². The second kappa shape index (κ2) is 8.59. The molecule has 0 aliphatic heterocycles. The number of aromatic amines is 1. The lowest BCUT2D eigenvalue weighted by molar-refractivity contribution is 0.270. The summed E-state index contributed by atoms with van der Waals surface area (Å²) < 4.78 is 0. The highest BCUT2D eigenvalue weighted by Gasteiger charge is 2.12. The van der Waals surface area contributed by atoms with E-state index in [1.54, 1.807) is 0 Å². The first-order valence-electron chi connectivity index (χ1n) is 9.07. The number of aromatic nitrogens is 2. The molecule has 1 heterocycles. The van der Waals surface area contributed by atoms with Crippen LogP contribution < -0.4 is 5.56 Å². The highest BCUT2D eigenvalue weighted by molar-refractivity contribution is 5.63. The summed E-state index contributed by atoms with van der Waals surface area (Å²) in [7, 11) is 0. The van der Waals surface area contributed by atoms with Crippen molar-refractivity contribution in [2.75, 3.05) is 0 Å². The van der Waals surface area contributed by atoms with Gasteiger partial charge in [0.1, 0.15) is 12.4 Å². The molecule has 3 rings (SSSR count). The Balaban J connectivity index is 1.87. The van der Waals surface area contributed by atoms with Gasteiger partial charge in [0.25, 0.3) is 5.56 Å². The van der Waals surface area contributed by atoms with E-state index < -0.39 is 0 Å². The molecule has 0 aliphatic carbocycles. The van der Waals surface area contributed by atoms with Crippen LogP contribution in [0.25, 0.3) is 11.1 Å². The van der Waals surface area contributed by atoms with Gasteiger partial charge in [-0.3, -0.25) is 4.79 Å². The van der Waals surface area contributed by atoms with Crippen LogP contribution in [-0.4, -0.2) is 15.1 Å². The molecule has 0 saturated heterocycles. The quantitative estimate of drug-likeness (QED) is 0.681. The molecule has 0 bridgehead atoms. The van der Waals surface area contributed by atoms with Gasteiger partial charge in [-0.05, 0) is 29.5 Å². The first-order chi connectivity index (χ1) is 12.7. The maximum atomic E-state index is 12.5. The van der Waals surface area contributed by atoms with Crippen LogP contribution in [0.15, 0.2) is 59.4 Å². The van der Waals surface area contributed by atoms with E-state index in [2.05, 4.69) is 53.3 Å². The zero-order valence-corrected chi connectivity index (χ0v) is 15.0. The fourth-order valence-electron chi connectivity index (χ4n) is 3.05. The summed E-state index contributed by atoms with van der Waals surface area (Å²) in [6.07, 6.45) is 3.31. The third kappa shape index (κ3) is 4.27. The van der Waals surface area contributed by atoms with Crippen molar-refractivity contribution < 1.29 is 5.11 Å². The molecule has 2 N–H and O–H groups in total. The Kier molecular flexibility index (Phi) is 5.97. The first kappa shape index (κ1) is 18.1. The van der Waals surface area contributed by atoms with Gasteiger partial charge in [-0.25, -0.2) is 4.98 Å². The SMILES string of the molecule is CCCCc1nc(CO)[nH]c(=O)c1Cc1ccc(-c2ccccc2)cc1. The molecule has 0 radical (unpaired) electrons. The van der Waals surface area contributed by atoms with Gasteiger partial charge in [-0.2, -0.15) is 0 Å². The largest absolute Gasteiger partial charge is 0.388 e. The second-order valence-electron chi connectivity index (χ2n) is 6.44. The van der Waals surface area contributed by atoms with E-state index >= 15 is 0 Å². The highest BCUT2D eigenvalue weighted by Crippen LogP contribution is 2.20. The lowest BCUT2D eigenvalue weighted by Gasteiger charge is -2.10. The Morgan fingerprint density at radius 2 is 1.69 bits per heavy atom. The van der Waals surface area contributed by atoms with E-state index in [1.807, 2.05) is 18.2 Å². The van der Waals surface area contributed by atoms with Crippen LogP contribution in [0, 0.1) is 0 Å². The lowest BCUT2D eigenvalue weighted by Crippen LogP contribution is -2.21. The van der Waals surface area contributed by atoms with Crippen LogP contribution in [0.4, 0.5) is 0 Å². The van der Waals surface area contributed by atoms with E-state index in [1.165, 1.54) is 5.56 Å². The zero-order chi connectivity index (χ0) is 18.4. The van der Waals surface area contributed by atoms with Crippen molar-refractivity contribution in [3.8, 4) is 11.1 Å². The van der Waals surface area contributed by atoms with E-state index in [-0.39, 0.29) is 12.2 Å². The Morgan fingerprint density at radius 1 is 1.00 bits per heavy atom. The molecule has 0 saturated carbocycles. The third-order valence-corrected chi connectivity index (χ3v) is 4.51. The number of benzene rings is 2. The molecule has 1 aromatic heterocycles. The van der Waals surface area contributed by atoms with Crippen molar-refractivity contribution in [1.29, 1.82) is 0 Å². The maximum Gasteiger partial charge on any atom is 0.254 e. The van der Waals surface area contributed by atoms with Crippen molar-refractivity contribution in [1.82, 2.24) is 9.97 Å². The van der Waals surface area contributed by atoms with Gasteiger partial charge >= 0.3 is 0 Å². The van der Waals surface area contributed by atoms with Crippen LogP contribution in [0.2, 0.25) is 0 Å². The van der Waals surface area contributed by atoms with Crippen molar-refractivity contribution in [2.24, 2.45) is 0 Å². The predicted octanol–water partition coefficient (Wildman–Crippen LogP) is 3.86. The Labute approximate surface area is 153 Å². The number of aliphatic hydroxyl groups excluding tert-OH is 1. The van der Waals surface area contributed by atoms with Crippen molar-refractivity contribution in [3.05, 3.63) is 87.6 Å². The molecule has 0 spiro atoms. The van der Waals surface area contributed by atoms with Crippen LogP contribution in [-0.2, 0) is 19.4 Å². The standard InChI is InChI=1S/C22H24N2O2/c1-2-3-9-20-19(22(26)24-21(15-25)23-20)14-16-10-12-18(13-11-16)17-7-5-4-6-8-17/h4-8,10-13,25H,2-3,9,14-15H2,1H3,(H,23,24,26). The molecular formula is C22H24N2O2. The smallest absolute Gasteiger partial charge is 0.254 e. The van der Waals surface area contributed by atoms with Crippen molar-refractivity contribution in [2.45, 2.75) is 39.2 Å². The Hall–Kier alpha value is -2.72. The fourth-order valence-corrected chi connectivity index (χ4v) is 3.05. The number of rotatable bonds is 7. The number of unbranched alkanes of at least 4 members (excludes halogenated alkanes) is 1. The molecule has 0 aliphatic rings. The van der Waals surface area contributed by atoms with E-state index in [0.717, 1.165) is 36.1 Å². The average Bonchev–Trinajstić information content (AvgIpc) is 2.69. The van der Waals surface area contributed by atoms with Gasteiger partial charge in [0.2, 0.25) is 0 Å². The minimum atomic E-state index is -0.250. The van der Waals surface area contributed by atoms with Crippen molar-refractivity contribution >= 4 is 0 Å². The molecule has 0 unspecified atom stereocenters. The van der Waals surface area contributed by atoms with E-state index in [9.17, 15) is 9.90 Å². The van der Waals surface area contributed by atoms with E-state index in [0.29, 0.717) is 17.8 Å². The van der Waals surface area contributed by atoms with Crippen LogP contribution in [0.3, 0.4) is 0 Å². The number of H-pyrrole nitrogens is 1. The molecule has 3 aromatic rings. The summed E-state index contributed by atoms with van der Waals surface area (Å²) in [4.78, 5) is 19.6. The van der Waals surface area contributed by atoms with Gasteiger partial charge in [-0.1, -0.05) is 67.9 Å². The highest BCUT2D eigenvalue weighted by atomic mass is 16.3. The summed E-state index contributed by atoms with van der Waals surface area (Å²) in [5, 5.41) is 9.30. The van der Waals surface area contributed by atoms with Gasteiger partial charge < -0.3 is 10.1 Å². The Bertz CT molecular complexity index is 900. The summed E-state index contributed by atoms with van der Waals surface area (Å²) in [5.74, 6) is 0.337. The van der Waals surface area contributed by atoms with Crippen LogP contribution >= 0.6 is 0 Å². The summed E-state index contributed by atoms with van der Waals surface area (Å²) in [6, 6.07) is 18.5. The van der Waals surface area contributed by atoms with Gasteiger partial charge in [-0.15, -0.1) is 0 Å². The molecule has 134 valence electrons. The number of hydrogen-bond acceptors (Lipinski definition) is 3. The lowest BCUT2D eigenvalue weighted by atomic mass is 9.99. The molecule has 2 aromatic carbocycles. The molecule has 4 nitrogen and oxygen atoms in total. The number of aryl methyl sites for hydroxylation is 1. The maximum absolute atomic E-state index is 12.5. The number of nitrogens with one attached hydrogen (secondary N) is 1. The first-order valence-corrected chi connectivity index (χ1v) is 9.07. The fraction of sp³-hybridized carbons (Fsp3) is 0.273. The monoisotopic (exact) mass is 348 g/mol. The average molecular weight is 348 g/mol. The summed E-state index contributed by atoms with van der Waals surface area (Å²) in [6.45, 7) is 1.86. The molecular weight excluding hydrogens is 324 g/mol. The van der Waals surface area contributed by atoms with Gasteiger partial charge in [0, 0.05) is 12.0 Å². The van der Waals surface area contributed by atoms with Crippen molar-refractivity contribution in [3.63, 3.8) is 0 Å². The van der Waals surface area contributed by atoms with E-state index in [4.69, 9.17) is 0 Å². The molecule has 0 amide bonds. The Morgan fingerprint density at radius 3 is 2.35 bits per heavy atom. The van der Waals surface area contributed by atoms with Crippen LogP contribution in [0.1, 0.15) is 42.4 Å². The van der Waals surface area contributed by atoms with Gasteiger partial charge in [0.15, 0.2) is 0 Å². The minimum Gasteiger partial charge on any atom is -0.388 e. The minimum absolute atomic E-state index is 0.151. The van der Waals surface area contributed by atoms with Crippen LogP contribution in [0.5, 0.6) is 0 Å². The second-order valence-corrected chi connectivity index (χ2v) is 6.44. The number of aliphatic hydroxyl groups is 1. The molecule has 0 atom stereocenters. The molecule has 4 heteroatoms.